The fraction of sp³-hybridized carbons (Fsp3) is 0.562. The quantitative estimate of drug-likeness (QED) is 0.695. The molecule has 1 aromatic rings. The van der Waals surface area contributed by atoms with Gasteiger partial charge in [-0.05, 0) is 31.9 Å². The van der Waals surface area contributed by atoms with Crippen molar-refractivity contribution in [2.75, 3.05) is 13.1 Å². The maximum Gasteiger partial charge on any atom is 0.222 e. The highest BCUT2D eigenvalue weighted by molar-refractivity contribution is 5.76. The molecule has 1 aromatic carbocycles. The predicted octanol–water partition coefficient (Wildman–Crippen LogP) is 2.94. The Morgan fingerprint density at radius 2 is 1.79 bits per heavy atom. The van der Waals surface area contributed by atoms with Gasteiger partial charge >= 0.3 is 0 Å². The Bertz CT molecular complexity index is 351. The highest BCUT2D eigenvalue weighted by atomic mass is 16.2. The average Bonchev–Trinajstić information content (AvgIpc) is 2.45. The van der Waals surface area contributed by atoms with Crippen molar-refractivity contribution in [1.82, 2.24) is 4.90 Å². The Labute approximate surface area is 116 Å². The van der Waals surface area contributed by atoms with Gasteiger partial charge in [-0.2, -0.15) is 0 Å². The molecule has 1 rings (SSSR count). The van der Waals surface area contributed by atoms with Crippen LogP contribution < -0.4 is 5.73 Å². The molecule has 0 fully saturated rings. The number of carbonyl (C=O) groups is 1. The summed E-state index contributed by atoms with van der Waals surface area (Å²) in [6.45, 7) is 4.29. The largest absolute Gasteiger partial charge is 0.339 e. The number of nitrogens with zero attached hydrogens (tertiary/aromatic N) is 1. The van der Waals surface area contributed by atoms with Crippen molar-refractivity contribution in [3.05, 3.63) is 35.9 Å². The highest BCUT2D eigenvalue weighted by Gasteiger charge is 2.11. The number of benzene rings is 1. The van der Waals surface area contributed by atoms with Gasteiger partial charge < -0.3 is 10.6 Å². The van der Waals surface area contributed by atoms with Crippen LogP contribution in [0.3, 0.4) is 0 Å². The second-order valence-electron chi connectivity index (χ2n) is 4.85. The van der Waals surface area contributed by atoms with Crippen LogP contribution in [-0.2, 0) is 11.3 Å². The highest BCUT2D eigenvalue weighted by Crippen LogP contribution is 2.09. The van der Waals surface area contributed by atoms with Crippen molar-refractivity contribution < 1.29 is 4.79 Å². The van der Waals surface area contributed by atoms with Gasteiger partial charge in [-0.1, -0.05) is 43.2 Å². The molecule has 0 radical (unpaired) electrons. The lowest BCUT2D eigenvalue weighted by Gasteiger charge is -2.21. The number of amides is 1. The first-order chi connectivity index (χ1) is 9.27. The van der Waals surface area contributed by atoms with Crippen molar-refractivity contribution >= 4 is 5.91 Å². The Balaban J connectivity index is 2.31. The van der Waals surface area contributed by atoms with Gasteiger partial charge in [0.25, 0.3) is 0 Å². The third kappa shape index (κ3) is 6.39. The van der Waals surface area contributed by atoms with E-state index in [0.29, 0.717) is 6.42 Å². The molecule has 0 atom stereocenters. The molecular formula is C16H26N2O. The minimum absolute atomic E-state index is 0.263. The molecule has 0 saturated heterocycles. The van der Waals surface area contributed by atoms with Crippen molar-refractivity contribution in [2.24, 2.45) is 5.73 Å². The second kappa shape index (κ2) is 9.56. The van der Waals surface area contributed by atoms with Crippen LogP contribution in [0.15, 0.2) is 30.3 Å². The molecular weight excluding hydrogens is 236 g/mol. The van der Waals surface area contributed by atoms with Gasteiger partial charge in [-0.3, -0.25) is 4.79 Å². The number of nitrogens with two attached hydrogens (primary N) is 1. The van der Waals surface area contributed by atoms with Crippen molar-refractivity contribution in [2.45, 2.75) is 45.6 Å². The average molecular weight is 262 g/mol. The van der Waals surface area contributed by atoms with E-state index in [4.69, 9.17) is 5.73 Å². The molecule has 0 unspecified atom stereocenters. The van der Waals surface area contributed by atoms with Crippen molar-refractivity contribution in [3.63, 3.8) is 0 Å². The summed E-state index contributed by atoms with van der Waals surface area (Å²) in [7, 11) is 0. The molecule has 0 heterocycles. The molecule has 0 aliphatic heterocycles. The fourth-order valence-corrected chi connectivity index (χ4v) is 2.11. The molecule has 0 aliphatic carbocycles. The van der Waals surface area contributed by atoms with E-state index in [0.717, 1.165) is 45.3 Å². The van der Waals surface area contributed by atoms with Gasteiger partial charge in [0.05, 0.1) is 0 Å². The monoisotopic (exact) mass is 262 g/mol. The van der Waals surface area contributed by atoms with Crippen LogP contribution in [0.4, 0.5) is 0 Å². The van der Waals surface area contributed by atoms with E-state index in [1.54, 1.807) is 0 Å². The van der Waals surface area contributed by atoms with Crippen molar-refractivity contribution in [3.8, 4) is 0 Å². The maximum atomic E-state index is 12.1. The standard InChI is InChI=1S/C16H26N2O/c1-2-18(14-15-10-6-5-7-11-15)16(19)12-8-3-4-9-13-17/h5-7,10-11H,2-4,8-9,12-14,17H2,1H3. The molecule has 3 nitrogen and oxygen atoms in total. The first-order valence-electron chi connectivity index (χ1n) is 7.29. The Kier molecular flexibility index (Phi) is 7.91. The first-order valence-corrected chi connectivity index (χ1v) is 7.29. The fourth-order valence-electron chi connectivity index (χ4n) is 2.11. The van der Waals surface area contributed by atoms with E-state index in [2.05, 4.69) is 12.1 Å². The van der Waals surface area contributed by atoms with Crippen LogP contribution >= 0.6 is 0 Å². The van der Waals surface area contributed by atoms with E-state index < -0.39 is 0 Å². The zero-order valence-corrected chi connectivity index (χ0v) is 12.0. The third-order valence-electron chi connectivity index (χ3n) is 3.30. The molecule has 0 aliphatic rings. The topological polar surface area (TPSA) is 46.3 Å². The summed E-state index contributed by atoms with van der Waals surface area (Å²) in [6, 6.07) is 10.2. The second-order valence-corrected chi connectivity index (χ2v) is 4.85. The summed E-state index contributed by atoms with van der Waals surface area (Å²) in [4.78, 5) is 14.0. The lowest BCUT2D eigenvalue weighted by atomic mass is 10.1. The lowest BCUT2D eigenvalue weighted by Crippen LogP contribution is -2.30. The minimum atomic E-state index is 0.263. The van der Waals surface area contributed by atoms with E-state index in [1.165, 1.54) is 5.56 Å². The van der Waals surface area contributed by atoms with Crippen LogP contribution in [0.5, 0.6) is 0 Å². The molecule has 3 heteroatoms. The summed E-state index contributed by atoms with van der Waals surface area (Å²) in [5.74, 6) is 0.263. The van der Waals surface area contributed by atoms with Crippen LogP contribution in [0.2, 0.25) is 0 Å². The molecule has 0 bridgehead atoms. The number of rotatable bonds is 9. The number of hydrogen-bond donors (Lipinski definition) is 1. The van der Waals surface area contributed by atoms with E-state index in [1.807, 2.05) is 30.0 Å². The SMILES string of the molecule is CCN(Cc1ccccc1)C(=O)CCCCCCN. The summed E-state index contributed by atoms with van der Waals surface area (Å²) in [5, 5.41) is 0. The Morgan fingerprint density at radius 3 is 2.42 bits per heavy atom. The van der Waals surface area contributed by atoms with Crippen LogP contribution in [0, 0.1) is 0 Å². The summed E-state index contributed by atoms with van der Waals surface area (Å²) >= 11 is 0. The van der Waals surface area contributed by atoms with E-state index >= 15 is 0 Å². The third-order valence-corrected chi connectivity index (χ3v) is 3.30. The van der Waals surface area contributed by atoms with Gasteiger partial charge in [0.2, 0.25) is 5.91 Å². The number of hydrogen-bond acceptors (Lipinski definition) is 2. The van der Waals surface area contributed by atoms with Gasteiger partial charge in [0, 0.05) is 19.5 Å². The molecule has 0 spiro atoms. The van der Waals surface area contributed by atoms with Gasteiger partial charge in [-0.25, -0.2) is 0 Å². The van der Waals surface area contributed by atoms with Crippen LogP contribution in [0.1, 0.15) is 44.6 Å². The first kappa shape index (κ1) is 15.7. The number of carbonyl (C=O) groups excluding carboxylic acids is 1. The van der Waals surface area contributed by atoms with Gasteiger partial charge in [0.15, 0.2) is 0 Å². The molecule has 106 valence electrons. The number of unbranched alkanes of at least 4 members (excludes halogenated alkanes) is 3. The van der Waals surface area contributed by atoms with Crippen molar-refractivity contribution in [1.29, 1.82) is 0 Å². The summed E-state index contributed by atoms with van der Waals surface area (Å²) in [5.41, 5.74) is 6.65. The molecule has 1 amide bonds. The maximum absolute atomic E-state index is 12.1. The zero-order chi connectivity index (χ0) is 13.9. The smallest absolute Gasteiger partial charge is 0.222 e. The lowest BCUT2D eigenvalue weighted by molar-refractivity contribution is -0.131. The predicted molar refractivity (Wildman–Crippen MR) is 79.7 cm³/mol. The molecule has 0 aromatic heterocycles. The van der Waals surface area contributed by atoms with E-state index in [9.17, 15) is 4.79 Å². The van der Waals surface area contributed by atoms with Crippen LogP contribution in [-0.4, -0.2) is 23.9 Å². The zero-order valence-electron chi connectivity index (χ0n) is 12.0. The Hall–Kier alpha value is -1.35. The normalized spacial score (nSPS) is 10.4. The minimum Gasteiger partial charge on any atom is -0.339 e. The van der Waals surface area contributed by atoms with Crippen LogP contribution in [0.25, 0.3) is 0 Å². The molecule has 2 N–H and O–H groups in total. The van der Waals surface area contributed by atoms with Gasteiger partial charge in [0.1, 0.15) is 0 Å². The molecule has 0 saturated carbocycles. The molecule has 19 heavy (non-hydrogen) atoms. The van der Waals surface area contributed by atoms with Gasteiger partial charge in [-0.15, -0.1) is 0 Å². The Morgan fingerprint density at radius 1 is 1.11 bits per heavy atom. The van der Waals surface area contributed by atoms with E-state index in [-0.39, 0.29) is 5.91 Å². The summed E-state index contributed by atoms with van der Waals surface area (Å²) < 4.78 is 0. The summed E-state index contributed by atoms with van der Waals surface area (Å²) in [6.07, 6.45) is 4.94.